The fourth-order valence-corrected chi connectivity index (χ4v) is 5.36. The number of carboxylic acids is 1. The van der Waals surface area contributed by atoms with Crippen molar-refractivity contribution < 1.29 is 27.8 Å². The van der Waals surface area contributed by atoms with Crippen LogP contribution >= 0.6 is 11.3 Å². The van der Waals surface area contributed by atoms with E-state index in [1.165, 1.54) is 9.82 Å². The zero-order valence-corrected chi connectivity index (χ0v) is 12.7. The largest absolute Gasteiger partial charge is 0.476 e. The van der Waals surface area contributed by atoms with Gasteiger partial charge < -0.3 is 14.6 Å². The highest BCUT2D eigenvalue weighted by atomic mass is 32.2. The smallest absolute Gasteiger partial charge is 0.356 e. The lowest BCUT2D eigenvalue weighted by molar-refractivity contribution is -0.179. The second-order valence-corrected chi connectivity index (χ2v) is 7.83. The van der Waals surface area contributed by atoms with E-state index in [1.807, 2.05) is 0 Å². The van der Waals surface area contributed by atoms with Gasteiger partial charge in [-0.2, -0.15) is 4.31 Å². The summed E-state index contributed by atoms with van der Waals surface area (Å²) < 4.78 is 37.3. The Bertz CT molecular complexity index is 649. The molecule has 0 aromatic carbocycles. The zero-order chi connectivity index (χ0) is 15.1. The van der Waals surface area contributed by atoms with Crippen molar-refractivity contribution in [3.63, 3.8) is 0 Å². The summed E-state index contributed by atoms with van der Waals surface area (Å²) in [5, 5.41) is 9.03. The number of aromatic nitrogens is 1. The lowest BCUT2D eigenvalue weighted by Gasteiger charge is -2.37. The van der Waals surface area contributed by atoms with Gasteiger partial charge in [-0.15, -0.1) is 11.3 Å². The predicted octanol–water partition coefficient (Wildman–Crippen LogP) is 0.369. The van der Waals surface area contributed by atoms with Gasteiger partial charge in [-0.3, -0.25) is 0 Å². The van der Waals surface area contributed by atoms with E-state index in [9.17, 15) is 13.2 Å². The van der Waals surface area contributed by atoms with Gasteiger partial charge in [0.1, 0.15) is 0 Å². The number of piperidine rings is 1. The lowest BCUT2D eigenvalue weighted by Crippen LogP contribution is -2.50. The monoisotopic (exact) mass is 334 g/mol. The van der Waals surface area contributed by atoms with Gasteiger partial charge in [-0.25, -0.2) is 18.2 Å². The van der Waals surface area contributed by atoms with Gasteiger partial charge >= 0.3 is 5.97 Å². The molecule has 0 bridgehead atoms. The third-order valence-electron chi connectivity index (χ3n) is 3.51. The Hall–Kier alpha value is -1.07. The number of hydrogen-bond donors (Lipinski definition) is 1. The highest BCUT2D eigenvalue weighted by molar-refractivity contribution is 7.91. The number of thiazole rings is 1. The Morgan fingerprint density at radius 3 is 2.81 bits per heavy atom. The van der Waals surface area contributed by atoms with Crippen molar-refractivity contribution in [2.24, 2.45) is 0 Å². The Balaban J connectivity index is 1.91. The summed E-state index contributed by atoms with van der Waals surface area (Å²) in [4.78, 5) is 14.7. The third-order valence-corrected chi connectivity index (χ3v) is 6.70. The van der Waals surface area contributed by atoms with Crippen LogP contribution in [-0.2, 0) is 19.5 Å². The number of aromatic carboxylic acids is 1. The van der Waals surface area contributed by atoms with Gasteiger partial charge in [0.25, 0.3) is 10.0 Å². The maximum atomic E-state index is 12.6. The second kappa shape index (κ2) is 5.29. The zero-order valence-electron chi connectivity index (χ0n) is 11.0. The first kappa shape index (κ1) is 14.9. The number of carbonyl (C=O) groups is 1. The molecule has 2 fully saturated rings. The summed E-state index contributed by atoms with van der Waals surface area (Å²) in [5.74, 6) is -2.24. The molecule has 0 radical (unpaired) electrons. The minimum absolute atomic E-state index is 0.0757. The number of rotatable bonds is 3. The Labute approximate surface area is 125 Å². The van der Waals surface area contributed by atoms with Crippen LogP contribution < -0.4 is 0 Å². The summed E-state index contributed by atoms with van der Waals surface area (Å²) in [7, 11) is -3.91. The molecule has 10 heteroatoms. The molecule has 21 heavy (non-hydrogen) atoms. The van der Waals surface area contributed by atoms with E-state index < -0.39 is 27.5 Å². The Morgan fingerprint density at radius 2 is 2.14 bits per heavy atom. The van der Waals surface area contributed by atoms with Crippen LogP contribution in [0.4, 0.5) is 0 Å². The first-order valence-electron chi connectivity index (χ1n) is 6.39. The average molecular weight is 334 g/mol. The van der Waals surface area contributed by atoms with Crippen LogP contribution in [-0.4, -0.2) is 60.9 Å². The highest BCUT2D eigenvalue weighted by Crippen LogP contribution is 2.34. The Kier molecular flexibility index (Phi) is 3.74. The fourth-order valence-electron chi connectivity index (χ4n) is 2.57. The Morgan fingerprint density at radius 1 is 1.43 bits per heavy atom. The van der Waals surface area contributed by atoms with Crippen molar-refractivity contribution in [2.75, 3.05) is 26.3 Å². The number of hydrogen-bond acceptors (Lipinski definition) is 7. The summed E-state index contributed by atoms with van der Waals surface area (Å²) in [5.41, 5.74) is 0.784. The molecule has 1 N–H and O–H groups in total. The van der Waals surface area contributed by atoms with Crippen LogP contribution in [0, 0.1) is 0 Å². The summed E-state index contributed by atoms with van der Waals surface area (Å²) >= 11 is 0.806. The van der Waals surface area contributed by atoms with Crippen molar-refractivity contribution in [1.82, 2.24) is 9.29 Å². The molecule has 1 aromatic heterocycles. The fraction of sp³-hybridized carbons (Fsp3) is 0.636. The van der Waals surface area contributed by atoms with E-state index in [1.54, 1.807) is 0 Å². The molecule has 1 aromatic rings. The topological polar surface area (TPSA) is 106 Å². The number of nitrogens with zero attached hydrogens (tertiary/aromatic N) is 2. The molecule has 0 saturated carbocycles. The molecule has 3 rings (SSSR count). The molecule has 2 saturated heterocycles. The molecule has 116 valence electrons. The maximum absolute atomic E-state index is 12.6. The molecule has 1 spiro atoms. The van der Waals surface area contributed by atoms with Crippen LogP contribution in [0.2, 0.25) is 0 Å². The first-order chi connectivity index (χ1) is 9.95. The second-order valence-electron chi connectivity index (χ2n) is 4.84. The van der Waals surface area contributed by atoms with Gasteiger partial charge in [0.15, 0.2) is 15.7 Å². The van der Waals surface area contributed by atoms with E-state index in [0.717, 1.165) is 11.3 Å². The van der Waals surface area contributed by atoms with Gasteiger partial charge in [0.05, 0.1) is 25.3 Å². The van der Waals surface area contributed by atoms with E-state index in [0.29, 0.717) is 32.6 Å². The predicted molar refractivity (Wildman–Crippen MR) is 71.7 cm³/mol. The maximum Gasteiger partial charge on any atom is 0.356 e. The van der Waals surface area contributed by atoms with Crippen LogP contribution in [0.5, 0.6) is 0 Å². The van der Waals surface area contributed by atoms with Crippen LogP contribution in [0.1, 0.15) is 23.3 Å². The van der Waals surface area contributed by atoms with E-state index in [-0.39, 0.29) is 10.8 Å². The van der Waals surface area contributed by atoms with Crippen molar-refractivity contribution in [3.8, 4) is 0 Å². The minimum atomic E-state index is -3.91. The number of sulfonamides is 1. The number of carboxylic acid groups (broad SMARTS) is 1. The van der Waals surface area contributed by atoms with Crippen molar-refractivity contribution >= 4 is 27.3 Å². The molecule has 0 amide bonds. The standard InChI is InChI=1S/C11H14N2O6S2/c14-9(15)8-10(20-7-12-8)21(16,17)13-3-1-2-11(6-13)18-4-5-19-11/h7H,1-6H2,(H,14,15). The minimum Gasteiger partial charge on any atom is -0.476 e. The molecule has 8 nitrogen and oxygen atoms in total. The molecular weight excluding hydrogens is 320 g/mol. The molecule has 0 aliphatic carbocycles. The van der Waals surface area contributed by atoms with Crippen LogP contribution in [0.25, 0.3) is 0 Å². The SMILES string of the molecule is O=C(O)c1ncsc1S(=O)(=O)N1CCCC2(C1)OCCO2. The summed E-state index contributed by atoms with van der Waals surface area (Å²) in [6.45, 7) is 1.27. The normalized spacial score (nSPS) is 22.7. The van der Waals surface area contributed by atoms with E-state index in [2.05, 4.69) is 4.98 Å². The number of ether oxygens (including phenoxy) is 2. The molecule has 2 aliphatic heterocycles. The highest BCUT2D eigenvalue weighted by Gasteiger charge is 2.45. The summed E-state index contributed by atoms with van der Waals surface area (Å²) in [6, 6.07) is 0. The molecule has 0 atom stereocenters. The van der Waals surface area contributed by atoms with Gasteiger partial charge in [-0.05, 0) is 6.42 Å². The lowest BCUT2D eigenvalue weighted by atomic mass is 10.1. The quantitative estimate of drug-likeness (QED) is 0.851. The molecule has 3 heterocycles. The third kappa shape index (κ3) is 2.57. The van der Waals surface area contributed by atoms with Gasteiger partial charge in [0, 0.05) is 13.0 Å². The molecule has 0 unspecified atom stereocenters. The van der Waals surface area contributed by atoms with Crippen LogP contribution in [0.3, 0.4) is 0 Å². The first-order valence-corrected chi connectivity index (χ1v) is 8.71. The van der Waals surface area contributed by atoms with E-state index >= 15 is 0 Å². The van der Waals surface area contributed by atoms with E-state index in [4.69, 9.17) is 14.6 Å². The average Bonchev–Trinajstić information content (AvgIpc) is 3.08. The van der Waals surface area contributed by atoms with Crippen molar-refractivity contribution in [2.45, 2.75) is 22.8 Å². The van der Waals surface area contributed by atoms with Crippen molar-refractivity contribution in [1.29, 1.82) is 0 Å². The molecule has 2 aliphatic rings. The van der Waals surface area contributed by atoms with Gasteiger partial charge in [0.2, 0.25) is 0 Å². The van der Waals surface area contributed by atoms with Crippen LogP contribution in [0.15, 0.2) is 9.72 Å². The van der Waals surface area contributed by atoms with Gasteiger partial charge in [-0.1, -0.05) is 0 Å². The van der Waals surface area contributed by atoms with Crippen molar-refractivity contribution in [3.05, 3.63) is 11.2 Å². The molecular formula is C11H14N2O6S2. The summed E-state index contributed by atoms with van der Waals surface area (Å²) in [6.07, 6.45) is 1.23.